The molecule has 1 atom stereocenters. The maximum absolute atomic E-state index is 12.0. The summed E-state index contributed by atoms with van der Waals surface area (Å²) >= 11 is 1.31. The van der Waals surface area contributed by atoms with E-state index in [2.05, 4.69) is 16.0 Å². The van der Waals surface area contributed by atoms with Crippen molar-refractivity contribution in [2.24, 2.45) is 0 Å². The van der Waals surface area contributed by atoms with Crippen LogP contribution in [0.25, 0.3) is 0 Å². The lowest BCUT2D eigenvalue weighted by atomic mass is 9.96. The Bertz CT molecular complexity index is 697. The van der Waals surface area contributed by atoms with Crippen LogP contribution < -0.4 is 16.0 Å². The van der Waals surface area contributed by atoms with Gasteiger partial charge in [-0.3, -0.25) is 19.7 Å². The van der Waals surface area contributed by atoms with Gasteiger partial charge in [0.05, 0.1) is 4.88 Å². The van der Waals surface area contributed by atoms with Gasteiger partial charge in [-0.1, -0.05) is 19.3 Å². The van der Waals surface area contributed by atoms with Crippen LogP contribution in [0.5, 0.6) is 0 Å². The fraction of sp³-hybridized carbons (Fsp3) is 0.556. The van der Waals surface area contributed by atoms with Crippen LogP contribution in [-0.4, -0.2) is 42.5 Å². The number of rotatable bonds is 6. The molecular formula is C18H25N3O5S. The zero-order chi connectivity index (χ0) is 19.8. The fourth-order valence-corrected chi connectivity index (χ4v) is 3.55. The van der Waals surface area contributed by atoms with Crippen molar-refractivity contribution in [3.05, 3.63) is 21.9 Å². The summed E-state index contributed by atoms with van der Waals surface area (Å²) in [7, 11) is 0. The van der Waals surface area contributed by atoms with Crippen molar-refractivity contribution in [3.63, 3.8) is 0 Å². The van der Waals surface area contributed by atoms with Gasteiger partial charge in [-0.2, -0.15) is 0 Å². The first-order valence-electron chi connectivity index (χ1n) is 9.00. The Morgan fingerprint density at radius 1 is 1.19 bits per heavy atom. The van der Waals surface area contributed by atoms with E-state index in [9.17, 15) is 19.2 Å². The number of nitrogens with one attached hydrogen (secondary N) is 3. The van der Waals surface area contributed by atoms with E-state index in [1.54, 1.807) is 6.07 Å². The smallest absolute Gasteiger partial charge is 0.326 e. The second-order valence-electron chi connectivity index (χ2n) is 6.52. The van der Waals surface area contributed by atoms with Crippen molar-refractivity contribution in [2.45, 2.75) is 58.1 Å². The summed E-state index contributed by atoms with van der Waals surface area (Å²) in [5.74, 6) is -1.85. The lowest BCUT2D eigenvalue weighted by molar-refractivity contribution is -0.153. The lowest BCUT2D eigenvalue weighted by Gasteiger charge is -2.23. The highest BCUT2D eigenvalue weighted by Crippen LogP contribution is 2.17. The number of carbonyl (C=O) groups is 4. The van der Waals surface area contributed by atoms with Crippen molar-refractivity contribution < 1.29 is 23.9 Å². The van der Waals surface area contributed by atoms with E-state index in [0.717, 1.165) is 37.0 Å². The Morgan fingerprint density at radius 3 is 2.52 bits per heavy atom. The molecule has 0 bridgehead atoms. The Labute approximate surface area is 162 Å². The number of imide groups is 1. The molecule has 0 radical (unpaired) electrons. The van der Waals surface area contributed by atoms with Crippen LogP contribution in [0.2, 0.25) is 0 Å². The predicted molar refractivity (Wildman–Crippen MR) is 100 cm³/mol. The van der Waals surface area contributed by atoms with Crippen LogP contribution in [-0.2, 0) is 14.3 Å². The minimum absolute atomic E-state index is 0.0699. The van der Waals surface area contributed by atoms with Gasteiger partial charge in [0.2, 0.25) is 0 Å². The molecule has 27 heavy (non-hydrogen) atoms. The van der Waals surface area contributed by atoms with Crippen LogP contribution >= 0.6 is 11.3 Å². The molecule has 0 aromatic carbocycles. The summed E-state index contributed by atoms with van der Waals surface area (Å²) < 4.78 is 4.95. The Balaban J connectivity index is 1.68. The number of thiophene rings is 1. The predicted octanol–water partition coefficient (Wildman–Crippen LogP) is 1.88. The molecule has 0 aliphatic heterocycles. The molecule has 0 saturated heterocycles. The van der Waals surface area contributed by atoms with E-state index in [4.69, 9.17) is 4.74 Å². The van der Waals surface area contributed by atoms with Crippen molar-refractivity contribution in [1.82, 2.24) is 16.0 Å². The molecule has 3 N–H and O–H groups in total. The first kappa shape index (κ1) is 20.9. The van der Waals surface area contributed by atoms with Gasteiger partial charge in [-0.25, -0.2) is 4.79 Å². The van der Waals surface area contributed by atoms with Crippen LogP contribution in [0.3, 0.4) is 0 Å². The van der Waals surface area contributed by atoms with Crippen LogP contribution in [0.4, 0.5) is 4.79 Å². The van der Waals surface area contributed by atoms with E-state index >= 15 is 0 Å². The second-order valence-corrected chi connectivity index (χ2v) is 7.81. The zero-order valence-corrected chi connectivity index (χ0v) is 16.3. The monoisotopic (exact) mass is 395 g/mol. The molecule has 1 saturated carbocycles. The number of urea groups is 1. The molecule has 1 aliphatic carbocycles. The van der Waals surface area contributed by atoms with Gasteiger partial charge >= 0.3 is 12.0 Å². The number of hydrogen-bond donors (Lipinski definition) is 3. The summed E-state index contributed by atoms with van der Waals surface area (Å²) in [6, 6.07) is 2.96. The van der Waals surface area contributed by atoms with Crippen LogP contribution in [0, 0.1) is 6.92 Å². The Morgan fingerprint density at radius 2 is 1.89 bits per heavy atom. The molecule has 148 valence electrons. The minimum atomic E-state index is -1.14. The molecule has 4 amide bonds. The molecular weight excluding hydrogens is 370 g/mol. The number of hydrogen-bond acceptors (Lipinski definition) is 6. The molecule has 1 heterocycles. The molecule has 9 heteroatoms. The number of esters is 1. The van der Waals surface area contributed by atoms with Gasteiger partial charge in [0.1, 0.15) is 6.54 Å². The third kappa shape index (κ3) is 7.01. The van der Waals surface area contributed by atoms with E-state index in [1.807, 2.05) is 13.0 Å². The van der Waals surface area contributed by atoms with E-state index in [1.165, 1.54) is 18.3 Å². The van der Waals surface area contributed by atoms with Crippen LogP contribution in [0.15, 0.2) is 12.1 Å². The van der Waals surface area contributed by atoms with Gasteiger partial charge in [0.15, 0.2) is 6.10 Å². The summed E-state index contributed by atoms with van der Waals surface area (Å²) in [5, 5.41) is 7.36. The maximum atomic E-state index is 12.0. The first-order valence-corrected chi connectivity index (χ1v) is 9.82. The molecule has 8 nitrogen and oxygen atoms in total. The van der Waals surface area contributed by atoms with Crippen molar-refractivity contribution in [2.75, 3.05) is 6.54 Å². The summed E-state index contributed by atoms with van der Waals surface area (Å²) in [6.45, 7) is 2.88. The van der Waals surface area contributed by atoms with Gasteiger partial charge < -0.3 is 15.4 Å². The van der Waals surface area contributed by atoms with E-state index in [-0.39, 0.29) is 18.5 Å². The normalized spacial score (nSPS) is 15.5. The third-order valence-corrected chi connectivity index (χ3v) is 5.21. The minimum Gasteiger partial charge on any atom is -0.451 e. The standard InChI is InChI=1S/C18H25N3O5S/c1-11-8-9-14(27-11)17(24)19-10-15(22)26-12(2)16(23)21-18(25)20-13-6-4-3-5-7-13/h8-9,12-13H,3-7,10H2,1-2H3,(H,19,24)(H2,20,21,23,25). The lowest BCUT2D eigenvalue weighted by Crippen LogP contribution is -2.48. The molecule has 1 aliphatic rings. The maximum Gasteiger partial charge on any atom is 0.326 e. The van der Waals surface area contributed by atoms with Crippen molar-refractivity contribution in [3.8, 4) is 0 Å². The van der Waals surface area contributed by atoms with Gasteiger partial charge in [0.25, 0.3) is 11.8 Å². The number of ether oxygens (including phenoxy) is 1. The van der Waals surface area contributed by atoms with Gasteiger partial charge in [-0.05, 0) is 38.8 Å². The highest BCUT2D eigenvalue weighted by Gasteiger charge is 2.22. The number of amides is 4. The topological polar surface area (TPSA) is 114 Å². The molecule has 0 spiro atoms. The van der Waals surface area contributed by atoms with Gasteiger partial charge in [-0.15, -0.1) is 11.3 Å². The largest absolute Gasteiger partial charge is 0.451 e. The SMILES string of the molecule is Cc1ccc(C(=O)NCC(=O)OC(C)C(=O)NC(=O)NC2CCCCC2)s1. The van der Waals surface area contributed by atoms with Crippen LogP contribution in [0.1, 0.15) is 53.6 Å². The molecule has 1 unspecified atom stereocenters. The van der Waals surface area contributed by atoms with E-state index < -0.39 is 24.0 Å². The summed E-state index contributed by atoms with van der Waals surface area (Å²) in [4.78, 5) is 48.9. The molecule has 2 rings (SSSR count). The molecule has 1 fully saturated rings. The summed E-state index contributed by atoms with van der Waals surface area (Å²) in [5.41, 5.74) is 0. The zero-order valence-electron chi connectivity index (χ0n) is 15.5. The Kier molecular flexibility index (Phi) is 7.78. The highest BCUT2D eigenvalue weighted by atomic mass is 32.1. The number of aryl methyl sites for hydroxylation is 1. The quantitative estimate of drug-likeness (QED) is 0.637. The summed E-state index contributed by atoms with van der Waals surface area (Å²) in [6.07, 6.45) is 3.93. The second kappa shape index (κ2) is 10.1. The van der Waals surface area contributed by atoms with Crippen molar-refractivity contribution >= 4 is 35.2 Å². The number of carbonyl (C=O) groups excluding carboxylic acids is 4. The molecule has 1 aromatic heterocycles. The average Bonchev–Trinajstić information content (AvgIpc) is 3.06. The highest BCUT2D eigenvalue weighted by molar-refractivity contribution is 7.13. The fourth-order valence-electron chi connectivity index (χ4n) is 2.77. The van der Waals surface area contributed by atoms with Crippen molar-refractivity contribution in [1.29, 1.82) is 0 Å². The third-order valence-electron chi connectivity index (χ3n) is 4.21. The molecule has 1 aromatic rings. The average molecular weight is 395 g/mol. The van der Waals surface area contributed by atoms with Gasteiger partial charge in [0, 0.05) is 10.9 Å². The van der Waals surface area contributed by atoms with E-state index in [0.29, 0.717) is 4.88 Å². The first-order chi connectivity index (χ1) is 12.8. The Hall–Kier alpha value is -2.42.